The molecule has 0 spiro atoms. The fraction of sp³-hybridized carbons (Fsp3) is 0.387. The minimum atomic E-state index is -0.383. The van der Waals surface area contributed by atoms with Gasteiger partial charge in [-0.05, 0) is 56.0 Å². The molecule has 2 aromatic heterocycles. The van der Waals surface area contributed by atoms with E-state index in [0.29, 0.717) is 60.3 Å². The number of anilines is 2. The van der Waals surface area contributed by atoms with E-state index >= 15 is 4.39 Å². The lowest BCUT2D eigenvalue weighted by Gasteiger charge is -2.41. The number of piperazine rings is 1. The van der Waals surface area contributed by atoms with Crippen LogP contribution in [-0.4, -0.2) is 70.6 Å². The highest BCUT2D eigenvalue weighted by atomic mass is 35.5. The Morgan fingerprint density at radius 2 is 2.02 bits per heavy atom. The molecule has 1 saturated heterocycles. The molecule has 0 N–H and O–H groups in total. The number of nitrogens with zero attached hydrogens (tertiary/aromatic N) is 6. The molecular formula is C31H35Cl2FN6O2. The molecule has 8 nitrogen and oxygen atoms in total. The van der Waals surface area contributed by atoms with Gasteiger partial charge in [-0.2, -0.15) is 0 Å². The van der Waals surface area contributed by atoms with E-state index in [4.69, 9.17) is 28.2 Å². The highest BCUT2D eigenvalue weighted by Gasteiger charge is 2.33. The van der Waals surface area contributed by atoms with Crippen molar-refractivity contribution in [3.63, 3.8) is 0 Å². The van der Waals surface area contributed by atoms with Crippen molar-refractivity contribution < 1.29 is 14.0 Å². The Bertz CT molecular complexity index is 1500. The average Bonchev–Trinajstić information content (AvgIpc) is 2.96. The summed E-state index contributed by atoms with van der Waals surface area (Å²) in [5.41, 5.74) is 2.95. The number of rotatable bonds is 7. The fourth-order valence-corrected chi connectivity index (χ4v) is 5.86. The van der Waals surface area contributed by atoms with Crippen LogP contribution >= 0.6 is 23.2 Å². The lowest BCUT2D eigenvalue weighted by molar-refractivity contribution is -0.128. The molecule has 2 aliphatic rings. The molecule has 222 valence electrons. The number of carbonyl (C=O) groups is 2. The van der Waals surface area contributed by atoms with Crippen molar-refractivity contribution >= 4 is 58.4 Å². The minimum Gasteiger partial charge on any atom is -0.350 e. The maximum Gasteiger partial charge on any atom is 0.246 e. The summed E-state index contributed by atoms with van der Waals surface area (Å²) in [6, 6.07) is 3.37. The van der Waals surface area contributed by atoms with Gasteiger partial charge in [-0.3, -0.25) is 24.5 Å². The maximum atomic E-state index is 15.2. The smallest absolute Gasteiger partial charge is 0.246 e. The summed E-state index contributed by atoms with van der Waals surface area (Å²) in [6.45, 7) is 12.9. The van der Waals surface area contributed by atoms with Crippen LogP contribution in [0.25, 0.3) is 5.57 Å². The van der Waals surface area contributed by atoms with E-state index in [9.17, 15) is 9.59 Å². The van der Waals surface area contributed by atoms with Gasteiger partial charge in [0.2, 0.25) is 12.3 Å². The second kappa shape index (κ2) is 13.2. The van der Waals surface area contributed by atoms with Gasteiger partial charge in [0.25, 0.3) is 0 Å². The van der Waals surface area contributed by atoms with Gasteiger partial charge in [-0.15, -0.1) is 0 Å². The van der Waals surface area contributed by atoms with Crippen molar-refractivity contribution in [2.24, 2.45) is 4.99 Å². The van der Waals surface area contributed by atoms with Crippen LogP contribution in [0.4, 0.5) is 15.9 Å². The van der Waals surface area contributed by atoms with Crippen LogP contribution in [0, 0.1) is 6.92 Å². The molecule has 4 rings (SSSR count). The van der Waals surface area contributed by atoms with Gasteiger partial charge in [0.05, 0.1) is 27.7 Å². The highest BCUT2D eigenvalue weighted by molar-refractivity contribution is 6.33. The van der Waals surface area contributed by atoms with Gasteiger partial charge in [-0.25, -0.2) is 9.37 Å². The first-order valence-electron chi connectivity index (χ1n) is 13.8. The molecule has 3 heterocycles. The third-order valence-corrected chi connectivity index (χ3v) is 8.09. The molecule has 0 saturated carbocycles. The fourth-order valence-electron chi connectivity index (χ4n) is 5.41. The monoisotopic (exact) mass is 612 g/mol. The van der Waals surface area contributed by atoms with Crippen LogP contribution in [0.2, 0.25) is 5.02 Å². The highest BCUT2D eigenvalue weighted by Crippen LogP contribution is 2.40. The molecule has 1 fully saturated rings. The van der Waals surface area contributed by atoms with Gasteiger partial charge in [0.1, 0.15) is 11.7 Å². The third kappa shape index (κ3) is 6.13. The zero-order valence-corrected chi connectivity index (χ0v) is 26.0. The topological polar surface area (TPSA) is 82.0 Å². The van der Waals surface area contributed by atoms with E-state index in [1.165, 1.54) is 17.1 Å². The van der Waals surface area contributed by atoms with E-state index < -0.39 is 0 Å². The standard InChI is InChI=1S/C31H35Cl2FN6O2/c1-7-26(42)38-12-13-39(20(5)16-38)30(35-6)23-15-24(33)28(22-14-21(32)8-9-25(22)34)37-31(23)40(17-41)29-19(4)10-11-36-27(29)18(2)3/h7,10-11,14-15,17-18,20H,1,8-9,12-13,16H2,2-6H3/b35-30+. The first-order valence-corrected chi connectivity index (χ1v) is 14.6. The van der Waals surface area contributed by atoms with Crippen LogP contribution in [0.15, 0.2) is 52.9 Å². The van der Waals surface area contributed by atoms with Gasteiger partial charge in [0.15, 0.2) is 5.82 Å². The number of hydrogen-bond acceptors (Lipinski definition) is 5. The molecular weight excluding hydrogens is 578 g/mol. The molecule has 1 unspecified atom stereocenters. The number of pyridine rings is 2. The number of allylic oxidation sites excluding steroid dienone is 4. The number of halogens is 3. The second-order valence-corrected chi connectivity index (χ2v) is 11.6. The van der Waals surface area contributed by atoms with Crippen molar-refractivity contribution in [1.82, 2.24) is 19.8 Å². The van der Waals surface area contributed by atoms with Gasteiger partial charge in [-0.1, -0.05) is 43.6 Å². The number of aliphatic imine (C=N–C) groups is 1. The Morgan fingerprint density at radius 3 is 2.64 bits per heavy atom. The second-order valence-electron chi connectivity index (χ2n) is 10.7. The molecule has 0 bridgehead atoms. The molecule has 1 atom stereocenters. The van der Waals surface area contributed by atoms with E-state index in [0.717, 1.165) is 5.56 Å². The largest absolute Gasteiger partial charge is 0.350 e. The van der Waals surface area contributed by atoms with E-state index in [-0.39, 0.29) is 52.2 Å². The summed E-state index contributed by atoms with van der Waals surface area (Å²) in [5.74, 6) is 0.242. The summed E-state index contributed by atoms with van der Waals surface area (Å²) >= 11 is 13.1. The van der Waals surface area contributed by atoms with Crippen LogP contribution < -0.4 is 4.90 Å². The summed E-state index contributed by atoms with van der Waals surface area (Å²) in [4.78, 5) is 44.6. The molecule has 0 aromatic carbocycles. The Morgan fingerprint density at radius 1 is 1.29 bits per heavy atom. The van der Waals surface area contributed by atoms with Crippen LogP contribution in [0.3, 0.4) is 0 Å². The Labute approximate surface area is 256 Å². The molecule has 2 aromatic rings. The Kier molecular flexibility index (Phi) is 9.84. The van der Waals surface area contributed by atoms with E-state index in [1.807, 2.05) is 33.8 Å². The quantitative estimate of drug-likeness (QED) is 0.153. The van der Waals surface area contributed by atoms with Gasteiger partial charge >= 0.3 is 0 Å². The van der Waals surface area contributed by atoms with E-state index in [2.05, 4.69) is 21.5 Å². The summed E-state index contributed by atoms with van der Waals surface area (Å²) < 4.78 is 15.2. The number of carbonyl (C=O) groups excluding carboxylic acids is 2. The van der Waals surface area contributed by atoms with Crippen molar-refractivity contribution in [3.05, 3.63) is 75.5 Å². The Balaban J connectivity index is 1.95. The van der Waals surface area contributed by atoms with Gasteiger partial charge < -0.3 is 9.80 Å². The SMILES string of the molecule is C=CC(=O)N1CCN(/C(=N/C)c2cc(Cl)c(C3=C(F)CCC(Cl)=C3)nc2N(C=O)c2c(C)ccnc2C(C)C)C(C)C1. The van der Waals surface area contributed by atoms with Crippen molar-refractivity contribution in [3.8, 4) is 0 Å². The normalized spacial score (nSPS) is 17.9. The number of aryl methyl sites for hydroxylation is 1. The summed E-state index contributed by atoms with van der Waals surface area (Å²) in [5, 5.41) is 0.678. The maximum absolute atomic E-state index is 15.2. The van der Waals surface area contributed by atoms with Crippen LogP contribution in [0.5, 0.6) is 0 Å². The van der Waals surface area contributed by atoms with Crippen LogP contribution in [-0.2, 0) is 9.59 Å². The van der Waals surface area contributed by atoms with Crippen molar-refractivity contribution in [2.75, 3.05) is 31.6 Å². The first kappa shape index (κ1) is 31.4. The summed E-state index contributed by atoms with van der Waals surface area (Å²) in [7, 11) is 1.65. The summed E-state index contributed by atoms with van der Waals surface area (Å²) in [6.07, 6.45) is 5.75. The lowest BCUT2D eigenvalue weighted by atomic mass is 10.00. The average molecular weight is 614 g/mol. The molecule has 2 amide bonds. The molecule has 0 radical (unpaired) electrons. The Hall–Kier alpha value is -3.56. The number of amidine groups is 1. The predicted octanol–water partition coefficient (Wildman–Crippen LogP) is 6.55. The van der Waals surface area contributed by atoms with Crippen molar-refractivity contribution in [1.29, 1.82) is 0 Å². The first-order chi connectivity index (χ1) is 20.0. The molecule has 1 aliphatic heterocycles. The number of hydrogen-bond donors (Lipinski definition) is 0. The lowest BCUT2D eigenvalue weighted by Crippen LogP contribution is -2.55. The van der Waals surface area contributed by atoms with E-state index in [1.54, 1.807) is 24.2 Å². The predicted molar refractivity (Wildman–Crippen MR) is 167 cm³/mol. The zero-order valence-electron chi connectivity index (χ0n) is 24.5. The number of amides is 2. The molecule has 11 heteroatoms. The van der Waals surface area contributed by atoms with Crippen LogP contribution in [0.1, 0.15) is 62.0 Å². The molecule has 42 heavy (non-hydrogen) atoms. The van der Waals surface area contributed by atoms with Gasteiger partial charge in [0, 0.05) is 55.9 Å². The minimum absolute atomic E-state index is 0.00684. The zero-order chi connectivity index (χ0) is 30.7. The third-order valence-electron chi connectivity index (χ3n) is 7.50. The van der Waals surface area contributed by atoms with Crippen molar-refractivity contribution in [2.45, 2.75) is 52.5 Å². The number of aromatic nitrogens is 2. The molecule has 1 aliphatic carbocycles.